The quantitative estimate of drug-likeness (QED) is 0.595. The van der Waals surface area contributed by atoms with Crippen molar-refractivity contribution in [1.29, 1.82) is 0 Å². The molecule has 1 aromatic rings. The standard InChI is InChI=1S/C20H26N3O5/c1-25-18-12-8-10-16(19(18)21-26-2)23(27-3)15-9-4-5-11-17(15)28-20(24)22-13-6-7-14-22/h4-5,8,10-12,21H,6-7,9,13-14H2,1-3H3/q+1/b23-15-. The van der Waals surface area contributed by atoms with E-state index in [1.54, 1.807) is 29.9 Å². The summed E-state index contributed by atoms with van der Waals surface area (Å²) < 4.78 is 12.7. The fourth-order valence-corrected chi connectivity index (χ4v) is 3.28. The lowest BCUT2D eigenvalue weighted by Gasteiger charge is -2.18. The number of amides is 1. The third kappa shape index (κ3) is 4.12. The number of rotatable bonds is 6. The Morgan fingerprint density at radius 2 is 1.96 bits per heavy atom. The maximum atomic E-state index is 12.5. The molecular weight excluding hydrogens is 362 g/mol. The van der Waals surface area contributed by atoms with Crippen LogP contribution in [0.5, 0.6) is 5.75 Å². The molecule has 0 radical (unpaired) electrons. The van der Waals surface area contributed by atoms with E-state index in [1.807, 2.05) is 30.4 Å². The maximum absolute atomic E-state index is 12.5. The molecule has 1 aromatic carbocycles. The summed E-state index contributed by atoms with van der Waals surface area (Å²) in [5.41, 5.74) is 4.80. The molecule has 1 amide bonds. The van der Waals surface area contributed by atoms with Crippen molar-refractivity contribution in [3.8, 4) is 5.75 Å². The van der Waals surface area contributed by atoms with E-state index in [4.69, 9.17) is 19.1 Å². The average Bonchev–Trinajstić information content (AvgIpc) is 3.26. The van der Waals surface area contributed by atoms with Crippen molar-refractivity contribution in [2.45, 2.75) is 19.3 Å². The Hall–Kier alpha value is -3.00. The van der Waals surface area contributed by atoms with Crippen LogP contribution in [0.2, 0.25) is 0 Å². The summed E-state index contributed by atoms with van der Waals surface area (Å²) in [6.07, 6.45) is 7.81. The van der Waals surface area contributed by atoms with E-state index in [1.165, 1.54) is 7.11 Å². The van der Waals surface area contributed by atoms with E-state index in [2.05, 4.69) is 5.48 Å². The van der Waals surface area contributed by atoms with Crippen molar-refractivity contribution < 1.29 is 28.7 Å². The molecule has 0 bridgehead atoms. The van der Waals surface area contributed by atoms with Crippen LogP contribution in [0.15, 0.2) is 42.2 Å². The van der Waals surface area contributed by atoms with E-state index in [9.17, 15) is 4.79 Å². The molecular formula is C20H26N3O5+. The highest BCUT2D eigenvalue weighted by molar-refractivity contribution is 5.99. The summed E-state index contributed by atoms with van der Waals surface area (Å²) in [7, 11) is 4.66. The molecule has 3 rings (SSSR count). The van der Waals surface area contributed by atoms with Crippen LogP contribution in [-0.2, 0) is 14.4 Å². The number of likely N-dealkylation sites (tertiary alicyclic amines) is 1. The summed E-state index contributed by atoms with van der Waals surface area (Å²) in [4.78, 5) is 25.0. The fraction of sp³-hybridized carbons (Fsp3) is 0.400. The van der Waals surface area contributed by atoms with Gasteiger partial charge in [-0.3, -0.25) is 15.2 Å². The van der Waals surface area contributed by atoms with Gasteiger partial charge >= 0.3 is 6.09 Å². The first-order chi connectivity index (χ1) is 13.7. The first-order valence-electron chi connectivity index (χ1n) is 9.19. The number of allylic oxidation sites excluding steroid dienone is 4. The maximum Gasteiger partial charge on any atom is 0.415 e. The number of carbonyl (C=O) groups excluding carboxylic acids is 1. The Morgan fingerprint density at radius 3 is 2.64 bits per heavy atom. The highest BCUT2D eigenvalue weighted by atomic mass is 16.7. The minimum atomic E-state index is -0.339. The van der Waals surface area contributed by atoms with Crippen LogP contribution in [-0.4, -0.2) is 55.9 Å². The Bertz CT molecular complexity index is 810. The van der Waals surface area contributed by atoms with Gasteiger partial charge in [0, 0.05) is 23.9 Å². The van der Waals surface area contributed by atoms with Crippen molar-refractivity contribution in [1.82, 2.24) is 4.90 Å². The zero-order valence-corrected chi connectivity index (χ0v) is 16.4. The van der Waals surface area contributed by atoms with Crippen LogP contribution >= 0.6 is 0 Å². The molecule has 1 fully saturated rings. The summed E-state index contributed by atoms with van der Waals surface area (Å²) in [5.74, 6) is 1.04. The van der Waals surface area contributed by atoms with E-state index in [0.717, 1.165) is 25.9 Å². The molecule has 0 aromatic heterocycles. The molecule has 1 N–H and O–H groups in total. The van der Waals surface area contributed by atoms with Crippen LogP contribution in [0.4, 0.5) is 16.2 Å². The van der Waals surface area contributed by atoms with Crippen molar-refractivity contribution in [3.05, 3.63) is 42.2 Å². The second-order valence-corrected chi connectivity index (χ2v) is 6.31. The van der Waals surface area contributed by atoms with Gasteiger partial charge < -0.3 is 14.4 Å². The number of hydrogen-bond acceptors (Lipinski definition) is 6. The molecule has 1 aliphatic carbocycles. The minimum Gasteiger partial charge on any atom is -0.494 e. The lowest BCUT2D eigenvalue weighted by Crippen LogP contribution is -2.31. The first-order valence-corrected chi connectivity index (χ1v) is 9.19. The number of para-hydroxylation sites is 1. The molecule has 150 valence electrons. The number of carbonyl (C=O) groups is 1. The molecule has 8 heteroatoms. The van der Waals surface area contributed by atoms with Crippen LogP contribution in [0.1, 0.15) is 19.3 Å². The van der Waals surface area contributed by atoms with Crippen LogP contribution < -0.4 is 10.2 Å². The predicted molar refractivity (Wildman–Crippen MR) is 105 cm³/mol. The van der Waals surface area contributed by atoms with E-state index in [-0.39, 0.29) is 6.09 Å². The zero-order valence-electron chi connectivity index (χ0n) is 16.4. The molecule has 0 atom stereocenters. The number of benzene rings is 1. The highest BCUT2D eigenvalue weighted by Crippen LogP contribution is 2.35. The monoisotopic (exact) mass is 388 g/mol. The van der Waals surface area contributed by atoms with Gasteiger partial charge in [0.05, 0.1) is 20.6 Å². The van der Waals surface area contributed by atoms with Gasteiger partial charge in [-0.15, -0.1) is 0 Å². The van der Waals surface area contributed by atoms with Crippen molar-refractivity contribution in [3.63, 3.8) is 0 Å². The lowest BCUT2D eigenvalue weighted by molar-refractivity contribution is -0.720. The van der Waals surface area contributed by atoms with Crippen molar-refractivity contribution in [2.24, 2.45) is 0 Å². The topological polar surface area (TPSA) is 72.3 Å². The van der Waals surface area contributed by atoms with Gasteiger partial charge in [0.1, 0.15) is 7.11 Å². The third-order valence-electron chi connectivity index (χ3n) is 4.62. The van der Waals surface area contributed by atoms with Gasteiger partial charge in [0.15, 0.2) is 11.4 Å². The van der Waals surface area contributed by atoms with Crippen molar-refractivity contribution >= 4 is 23.2 Å². The predicted octanol–water partition coefficient (Wildman–Crippen LogP) is 3.39. The Labute approximate surface area is 164 Å². The number of methoxy groups -OCH3 is 1. The Kier molecular flexibility index (Phi) is 6.54. The van der Waals surface area contributed by atoms with Crippen LogP contribution in [0.25, 0.3) is 0 Å². The SMILES string of the molecule is CONc1c(OC)cccc1/[N+](OC)=C1\CC=CC=C1OC(=O)N1CCCC1. The summed E-state index contributed by atoms with van der Waals surface area (Å²) >= 11 is 0. The number of nitrogens with zero attached hydrogens (tertiary/aromatic N) is 2. The van der Waals surface area contributed by atoms with Gasteiger partial charge in [0.2, 0.25) is 5.76 Å². The second kappa shape index (κ2) is 9.27. The van der Waals surface area contributed by atoms with Crippen LogP contribution in [0.3, 0.4) is 0 Å². The summed E-state index contributed by atoms with van der Waals surface area (Å²) in [6, 6.07) is 5.52. The summed E-state index contributed by atoms with van der Waals surface area (Å²) in [5, 5.41) is 0. The number of nitrogens with one attached hydrogen (secondary N) is 1. The number of hydrogen-bond donors (Lipinski definition) is 1. The largest absolute Gasteiger partial charge is 0.494 e. The molecule has 2 aliphatic rings. The smallest absolute Gasteiger partial charge is 0.415 e. The van der Waals surface area contributed by atoms with Gasteiger partial charge in [-0.05, 0) is 25.0 Å². The fourth-order valence-electron chi connectivity index (χ4n) is 3.28. The first kappa shape index (κ1) is 19.8. The molecule has 1 heterocycles. The lowest BCUT2D eigenvalue weighted by atomic mass is 10.1. The van der Waals surface area contributed by atoms with E-state index in [0.29, 0.717) is 35.0 Å². The van der Waals surface area contributed by atoms with Gasteiger partial charge in [-0.25, -0.2) is 4.79 Å². The van der Waals surface area contributed by atoms with Gasteiger partial charge in [-0.2, -0.15) is 0 Å². The third-order valence-corrected chi connectivity index (χ3v) is 4.62. The molecule has 0 spiro atoms. The van der Waals surface area contributed by atoms with Crippen molar-refractivity contribution in [2.75, 3.05) is 39.9 Å². The van der Waals surface area contributed by atoms with Gasteiger partial charge in [0.25, 0.3) is 11.4 Å². The molecule has 0 unspecified atom stereocenters. The second-order valence-electron chi connectivity index (χ2n) is 6.31. The minimum absolute atomic E-state index is 0.339. The molecule has 28 heavy (non-hydrogen) atoms. The van der Waals surface area contributed by atoms with Gasteiger partial charge in [-0.1, -0.05) is 18.2 Å². The summed E-state index contributed by atoms with van der Waals surface area (Å²) in [6.45, 7) is 1.45. The van der Waals surface area contributed by atoms with E-state index < -0.39 is 0 Å². The number of ether oxygens (including phenoxy) is 2. The molecule has 8 nitrogen and oxygen atoms in total. The Morgan fingerprint density at radius 1 is 1.18 bits per heavy atom. The Balaban J connectivity index is 1.99. The normalized spacial score (nSPS) is 17.8. The van der Waals surface area contributed by atoms with E-state index >= 15 is 0 Å². The molecule has 1 saturated heterocycles. The zero-order chi connectivity index (χ0) is 19.9. The molecule has 1 aliphatic heterocycles. The number of anilines is 1. The highest BCUT2D eigenvalue weighted by Gasteiger charge is 2.32. The molecule has 0 saturated carbocycles. The average molecular weight is 388 g/mol. The van der Waals surface area contributed by atoms with Crippen LogP contribution in [0, 0.1) is 0 Å².